The average Bonchev–Trinajstić information content (AvgIpc) is 3.12. The molecule has 1 aliphatic heterocycles. The molecule has 1 aliphatic carbocycles. The summed E-state index contributed by atoms with van der Waals surface area (Å²) in [5.41, 5.74) is 0. The first kappa shape index (κ1) is 12.4. The summed E-state index contributed by atoms with van der Waals surface area (Å²) in [6.45, 7) is 5.75. The van der Waals surface area contributed by atoms with Gasteiger partial charge < -0.3 is 10.2 Å². The van der Waals surface area contributed by atoms with Gasteiger partial charge in [0.25, 0.3) is 0 Å². The number of nitrogens with zero attached hydrogens (tertiary/aromatic N) is 2. The van der Waals surface area contributed by atoms with E-state index in [1.165, 1.54) is 55.2 Å². The van der Waals surface area contributed by atoms with Crippen LogP contribution in [0.2, 0.25) is 0 Å². The van der Waals surface area contributed by atoms with Crippen LogP contribution < -0.4 is 10.2 Å². The van der Waals surface area contributed by atoms with E-state index >= 15 is 0 Å². The second-order valence-electron chi connectivity index (χ2n) is 5.79. The number of nitrogens with one attached hydrogen (secondary N) is 1. The molecule has 0 spiro atoms. The molecule has 1 atom stereocenters. The van der Waals surface area contributed by atoms with Crippen LogP contribution in [0.4, 0.5) is 5.13 Å². The van der Waals surface area contributed by atoms with Gasteiger partial charge in [-0.3, -0.25) is 0 Å². The monoisotopic (exact) mass is 265 g/mol. The molecule has 1 aromatic heterocycles. The molecule has 1 unspecified atom stereocenters. The third kappa shape index (κ3) is 3.23. The zero-order valence-electron chi connectivity index (χ0n) is 11.2. The van der Waals surface area contributed by atoms with Crippen molar-refractivity contribution in [3.05, 3.63) is 11.1 Å². The van der Waals surface area contributed by atoms with E-state index in [0.717, 1.165) is 18.5 Å². The van der Waals surface area contributed by atoms with E-state index in [2.05, 4.69) is 28.3 Å². The van der Waals surface area contributed by atoms with Crippen LogP contribution in [0.15, 0.2) is 6.20 Å². The highest BCUT2D eigenvalue weighted by Gasteiger charge is 2.21. The van der Waals surface area contributed by atoms with Crippen LogP contribution >= 0.6 is 11.3 Å². The minimum atomic E-state index is 0.787. The maximum atomic E-state index is 4.61. The molecule has 1 saturated heterocycles. The normalized spacial score (nSPS) is 25.2. The number of thiazole rings is 1. The fraction of sp³-hybridized carbons (Fsp3) is 0.786. The fourth-order valence-electron chi connectivity index (χ4n) is 2.51. The van der Waals surface area contributed by atoms with Crippen molar-refractivity contribution >= 4 is 16.5 Å². The highest BCUT2D eigenvalue weighted by molar-refractivity contribution is 7.15. The van der Waals surface area contributed by atoms with E-state index in [-0.39, 0.29) is 0 Å². The Morgan fingerprint density at radius 3 is 3.06 bits per heavy atom. The Kier molecular flexibility index (Phi) is 3.85. The van der Waals surface area contributed by atoms with E-state index in [1.807, 2.05) is 11.3 Å². The summed E-state index contributed by atoms with van der Waals surface area (Å²) in [4.78, 5) is 8.47. The summed E-state index contributed by atoms with van der Waals surface area (Å²) in [6.07, 6.45) is 8.78. The molecule has 0 aromatic carbocycles. The first-order valence-electron chi connectivity index (χ1n) is 7.24. The summed E-state index contributed by atoms with van der Waals surface area (Å²) < 4.78 is 0. The summed E-state index contributed by atoms with van der Waals surface area (Å²) in [5, 5.41) is 4.79. The zero-order chi connectivity index (χ0) is 12.4. The van der Waals surface area contributed by atoms with Crippen LogP contribution in [-0.4, -0.2) is 24.1 Å². The summed E-state index contributed by atoms with van der Waals surface area (Å²) in [5.74, 6) is 0.881. The molecular formula is C14H23N3S. The second kappa shape index (κ2) is 5.57. The number of rotatable bonds is 4. The van der Waals surface area contributed by atoms with Gasteiger partial charge in [0.2, 0.25) is 0 Å². The number of aromatic nitrogens is 1. The highest BCUT2D eigenvalue weighted by atomic mass is 32.1. The van der Waals surface area contributed by atoms with Gasteiger partial charge in [0.05, 0.1) is 0 Å². The standard InChI is InChI=1S/C14H23N3S/c1-11-3-2-7-17(8-6-11)14-16-10-13(18-14)9-15-12-4-5-12/h10-12,15H,2-9H2,1H3. The van der Waals surface area contributed by atoms with Crippen LogP contribution in [0.5, 0.6) is 0 Å². The van der Waals surface area contributed by atoms with Gasteiger partial charge >= 0.3 is 0 Å². The van der Waals surface area contributed by atoms with Crippen LogP contribution in [-0.2, 0) is 6.54 Å². The van der Waals surface area contributed by atoms with Gasteiger partial charge in [-0.1, -0.05) is 6.92 Å². The molecule has 100 valence electrons. The lowest BCUT2D eigenvalue weighted by Crippen LogP contribution is -2.23. The van der Waals surface area contributed by atoms with Gasteiger partial charge in [-0.15, -0.1) is 11.3 Å². The number of hydrogen-bond donors (Lipinski definition) is 1. The topological polar surface area (TPSA) is 28.2 Å². The fourth-order valence-corrected chi connectivity index (χ4v) is 3.42. The van der Waals surface area contributed by atoms with Crippen LogP contribution in [0.3, 0.4) is 0 Å². The van der Waals surface area contributed by atoms with Crippen LogP contribution in [0.25, 0.3) is 0 Å². The van der Waals surface area contributed by atoms with Gasteiger partial charge in [0.15, 0.2) is 5.13 Å². The Bertz CT molecular complexity index is 386. The number of hydrogen-bond acceptors (Lipinski definition) is 4. The maximum Gasteiger partial charge on any atom is 0.185 e. The molecule has 0 radical (unpaired) electrons. The summed E-state index contributed by atoms with van der Waals surface area (Å²) >= 11 is 1.87. The minimum absolute atomic E-state index is 0.787. The Hall–Kier alpha value is -0.610. The molecule has 3 nitrogen and oxygen atoms in total. The zero-order valence-corrected chi connectivity index (χ0v) is 12.0. The maximum absolute atomic E-state index is 4.61. The lowest BCUT2D eigenvalue weighted by Gasteiger charge is -2.18. The van der Waals surface area contributed by atoms with Crippen molar-refractivity contribution in [1.82, 2.24) is 10.3 Å². The van der Waals surface area contributed by atoms with E-state index in [9.17, 15) is 0 Å². The average molecular weight is 265 g/mol. The van der Waals surface area contributed by atoms with E-state index < -0.39 is 0 Å². The molecule has 18 heavy (non-hydrogen) atoms. The first-order valence-corrected chi connectivity index (χ1v) is 8.06. The molecule has 0 amide bonds. The van der Waals surface area contributed by atoms with Crippen molar-refractivity contribution in [3.63, 3.8) is 0 Å². The van der Waals surface area contributed by atoms with Crippen LogP contribution in [0.1, 0.15) is 43.9 Å². The van der Waals surface area contributed by atoms with Crippen molar-refractivity contribution in [3.8, 4) is 0 Å². The van der Waals surface area contributed by atoms with E-state index in [0.29, 0.717) is 0 Å². The van der Waals surface area contributed by atoms with Crippen molar-refractivity contribution in [2.75, 3.05) is 18.0 Å². The van der Waals surface area contributed by atoms with Gasteiger partial charge in [0, 0.05) is 36.8 Å². The van der Waals surface area contributed by atoms with Crippen LogP contribution in [0, 0.1) is 5.92 Å². The quantitative estimate of drug-likeness (QED) is 0.907. The highest BCUT2D eigenvalue weighted by Crippen LogP contribution is 2.27. The Balaban J connectivity index is 1.57. The predicted molar refractivity (Wildman–Crippen MR) is 77.2 cm³/mol. The first-order chi connectivity index (χ1) is 8.81. The van der Waals surface area contributed by atoms with E-state index in [1.54, 1.807) is 0 Å². The summed E-state index contributed by atoms with van der Waals surface area (Å²) in [6, 6.07) is 0.787. The minimum Gasteiger partial charge on any atom is -0.348 e. The van der Waals surface area contributed by atoms with Gasteiger partial charge in [-0.25, -0.2) is 4.98 Å². The smallest absolute Gasteiger partial charge is 0.185 e. The Morgan fingerprint density at radius 2 is 2.22 bits per heavy atom. The van der Waals surface area contributed by atoms with E-state index in [4.69, 9.17) is 0 Å². The van der Waals surface area contributed by atoms with Crippen molar-refractivity contribution < 1.29 is 0 Å². The Labute approximate surface area is 114 Å². The lowest BCUT2D eigenvalue weighted by atomic mass is 10.0. The molecule has 2 aliphatic rings. The molecule has 2 heterocycles. The Morgan fingerprint density at radius 1 is 1.33 bits per heavy atom. The van der Waals surface area contributed by atoms with Crippen molar-refractivity contribution in [2.24, 2.45) is 5.92 Å². The van der Waals surface area contributed by atoms with Gasteiger partial charge in [-0.05, 0) is 38.0 Å². The lowest BCUT2D eigenvalue weighted by molar-refractivity contribution is 0.521. The molecule has 0 bridgehead atoms. The van der Waals surface area contributed by atoms with Gasteiger partial charge in [0.1, 0.15) is 0 Å². The molecule has 1 N–H and O–H groups in total. The van der Waals surface area contributed by atoms with Crippen molar-refractivity contribution in [1.29, 1.82) is 0 Å². The third-order valence-corrected chi connectivity index (χ3v) is 5.03. The molecule has 2 fully saturated rings. The number of anilines is 1. The molecular weight excluding hydrogens is 242 g/mol. The SMILES string of the molecule is CC1CCCN(c2ncc(CNC3CC3)s2)CC1. The molecule has 3 rings (SSSR count). The predicted octanol–water partition coefficient (Wildman–Crippen LogP) is 3.02. The van der Waals surface area contributed by atoms with Gasteiger partial charge in [-0.2, -0.15) is 0 Å². The second-order valence-corrected chi connectivity index (χ2v) is 6.88. The largest absolute Gasteiger partial charge is 0.348 e. The molecule has 1 saturated carbocycles. The van der Waals surface area contributed by atoms with Crippen molar-refractivity contribution in [2.45, 2.75) is 51.6 Å². The molecule has 1 aromatic rings. The summed E-state index contributed by atoms with van der Waals surface area (Å²) in [7, 11) is 0. The molecule has 4 heteroatoms. The third-order valence-electron chi connectivity index (χ3n) is 3.97.